The van der Waals surface area contributed by atoms with Gasteiger partial charge in [-0.3, -0.25) is 0 Å². The second-order valence-corrected chi connectivity index (χ2v) is 10.2. The molecule has 0 spiro atoms. The number of pyridine rings is 1. The molecule has 1 fully saturated rings. The molecule has 172 valence electrons. The molecule has 0 atom stereocenters. The van der Waals surface area contributed by atoms with E-state index in [2.05, 4.69) is 36.5 Å². The Balaban J connectivity index is 1.49. The average molecular weight is 469 g/mol. The molecule has 0 unspecified atom stereocenters. The molecule has 0 aliphatic carbocycles. The summed E-state index contributed by atoms with van der Waals surface area (Å²) in [5, 5.41) is 16.9. The third kappa shape index (κ3) is 4.93. The van der Waals surface area contributed by atoms with E-state index in [4.69, 9.17) is 4.52 Å². The minimum absolute atomic E-state index is 0.0263. The van der Waals surface area contributed by atoms with Gasteiger partial charge in [-0.25, -0.2) is 23.4 Å². The first-order chi connectivity index (χ1) is 15.8. The normalized spacial score (nSPS) is 14.9. The number of hydrogen-bond donors (Lipinski definition) is 1. The third-order valence-electron chi connectivity index (χ3n) is 5.44. The van der Waals surface area contributed by atoms with E-state index < -0.39 is 9.84 Å². The molecule has 0 saturated carbocycles. The SMILES string of the molecule is CC(C)c1noc(C2CCN(c3ncnc(Nc4ccc(S(C)(=O)=O)nc4)c3C#N)CC2)n1. The van der Waals surface area contributed by atoms with Gasteiger partial charge in [-0.05, 0) is 25.0 Å². The minimum atomic E-state index is -3.39. The summed E-state index contributed by atoms with van der Waals surface area (Å²) in [6.45, 7) is 5.41. The Morgan fingerprint density at radius 3 is 2.55 bits per heavy atom. The molecule has 3 aromatic heterocycles. The van der Waals surface area contributed by atoms with Crippen LogP contribution in [0.2, 0.25) is 0 Å². The molecule has 1 saturated heterocycles. The molecule has 11 nitrogen and oxygen atoms in total. The Hall–Kier alpha value is -3.59. The van der Waals surface area contributed by atoms with Gasteiger partial charge in [0, 0.05) is 31.2 Å². The summed E-state index contributed by atoms with van der Waals surface area (Å²) in [5.74, 6) is 2.63. The molecular weight excluding hydrogens is 444 g/mol. The van der Waals surface area contributed by atoms with Crippen molar-refractivity contribution in [2.24, 2.45) is 0 Å². The van der Waals surface area contributed by atoms with Gasteiger partial charge in [0.2, 0.25) is 5.89 Å². The maximum Gasteiger partial charge on any atom is 0.229 e. The van der Waals surface area contributed by atoms with Crippen LogP contribution in [0, 0.1) is 11.3 Å². The van der Waals surface area contributed by atoms with Gasteiger partial charge < -0.3 is 14.7 Å². The number of anilines is 3. The second kappa shape index (κ2) is 9.11. The highest BCUT2D eigenvalue weighted by molar-refractivity contribution is 7.90. The molecule has 0 amide bonds. The summed E-state index contributed by atoms with van der Waals surface area (Å²) in [5.41, 5.74) is 0.822. The van der Waals surface area contributed by atoms with Gasteiger partial charge in [0.25, 0.3) is 0 Å². The first-order valence-electron chi connectivity index (χ1n) is 10.5. The number of nitrogens with zero attached hydrogens (tertiary/aromatic N) is 7. The van der Waals surface area contributed by atoms with Crippen molar-refractivity contribution in [3.05, 3.63) is 41.9 Å². The molecule has 1 aliphatic rings. The highest BCUT2D eigenvalue weighted by Crippen LogP contribution is 2.32. The summed E-state index contributed by atoms with van der Waals surface area (Å²) in [4.78, 5) is 19.1. The van der Waals surface area contributed by atoms with Crippen molar-refractivity contribution in [1.82, 2.24) is 25.1 Å². The number of hydrogen-bond acceptors (Lipinski definition) is 11. The van der Waals surface area contributed by atoms with Crippen molar-refractivity contribution >= 4 is 27.2 Å². The number of piperidine rings is 1. The molecular formula is C21H24N8O3S. The Morgan fingerprint density at radius 2 is 1.97 bits per heavy atom. The zero-order valence-electron chi connectivity index (χ0n) is 18.6. The number of aromatic nitrogens is 5. The van der Waals surface area contributed by atoms with Crippen molar-refractivity contribution in [2.45, 2.75) is 43.6 Å². The topological polar surface area (TPSA) is 151 Å². The van der Waals surface area contributed by atoms with Crippen LogP contribution in [0.25, 0.3) is 0 Å². The fourth-order valence-electron chi connectivity index (χ4n) is 3.61. The summed E-state index contributed by atoms with van der Waals surface area (Å²) < 4.78 is 28.7. The standard InChI is InChI=1S/C21H24N8O3S/c1-13(2)18-27-21(32-28-18)14-6-8-29(9-7-14)20-16(10-22)19(24-12-25-20)26-15-4-5-17(23-11-15)33(3,30)31/h4-5,11-14H,6-9H2,1-3H3,(H,24,25,26). The first-order valence-corrected chi connectivity index (χ1v) is 12.4. The van der Waals surface area contributed by atoms with E-state index in [9.17, 15) is 13.7 Å². The third-order valence-corrected chi connectivity index (χ3v) is 6.44. The van der Waals surface area contributed by atoms with Crippen molar-refractivity contribution in [3.8, 4) is 6.07 Å². The van der Waals surface area contributed by atoms with Gasteiger partial charge in [0.1, 0.15) is 18.0 Å². The summed E-state index contributed by atoms with van der Waals surface area (Å²) in [7, 11) is -3.39. The summed E-state index contributed by atoms with van der Waals surface area (Å²) in [6.07, 6.45) is 5.48. The van der Waals surface area contributed by atoms with Gasteiger partial charge in [-0.2, -0.15) is 10.2 Å². The van der Waals surface area contributed by atoms with Crippen LogP contribution >= 0.6 is 0 Å². The van der Waals surface area contributed by atoms with Gasteiger partial charge in [0.05, 0.1) is 11.9 Å². The lowest BCUT2D eigenvalue weighted by atomic mass is 9.96. The van der Waals surface area contributed by atoms with Crippen LogP contribution in [-0.2, 0) is 9.84 Å². The largest absolute Gasteiger partial charge is 0.355 e. The number of rotatable bonds is 6. The average Bonchev–Trinajstić information content (AvgIpc) is 3.30. The van der Waals surface area contributed by atoms with E-state index >= 15 is 0 Å². The monoisotopic (exact) mass is 468 g/mol. The lowest BCUT2D eigenvalue weighted by Gasteiger charge is -2.31. The quantitative estimate of drug-likeness (QED) is 0.568. The number of nitriles is 1. The maximum atomic E-state index is 11.6. The van der Waals surface area contributed by atoms with E-state index in [0.717, 1.165) is 19.1 Å². The van der Waals surface area contributed by atoms with Crippen LogP contribution < -0.4 is 10.2 Å². The van der Waals surface area contributed by atoms with E-state index in [1.165, 1.54) is 18.6 Å². The molecule has 4 rings (SSSR count). The molecule has 4 heterocycles. The Labute approximate surface area is 191 Å². The zero-order valence-corrected chi connectivity index (χ0v) is 19.4. The highest BCUT2D eigenvalue weighted by Gasteiger charge is 2.28. The maximum absolute atomic E-state index is 11.6. The molecule has 1 aliphatic heterocycles. The van der Waals surface area contributed by atoms with Gasteiger partial charge in [0.15, 0.2) is 32.3 Å². The molecule has 1 N–H and O–H groups in total. The summed E-state index contributed by atoms with van der Waals surface area (Å²) in [6, 6.07) is 5.17. The van der Waals surface area contributed by atoms with Crippen LogP contribution in [0.3, 0.4) is 0 Å². The van der Waals surface area contributed by atoms with E-state index in [1.807, 2.05) is 18.7 Å². The van der Waals surface area contributed by atoms with Gasteiger partial charge in [-0.1, -0.05) is 19.0 Å². The number of sulfone groups is 1. The van der Waals surface area contributed by atoms with Crippen molar-refractivity contribution in [3.63, 3.8) is 0 Å². The zero-order chi connectivity index (χ0) is 23.6. The molecule has 33 heavy (non-hydrogen) atoms. The number of nitrogens with one attached hydrogen (secondary N) is 1. The van der Waals surface area contributed by atoms with Crippen molar-refractivity contribution in [1.29, 1.82) is 5.26 Å². The van der Waals surface area contributed by atoms with Crippen LogP contribution in [0.15, 0.2) is 34.2 Å². The fraction of sp³-hybridized carbons (Fsp3) is 0.429. The van der Waals surface area contributed by atoms with Crippen molar-refractivity contribution in [2.75, 3.05) is 29.6 Å². The molecule has 0 bridgehead atoms. The predicted molar refractivity (Wildman–Crippen MR) is 120 cm³/mol. The fourth-order valence-corrected chi connectivity index (χ4v) is 4.17. The molecule has 0 aromatic carbocycles. The Morgan fingerprint density at radius 1 is 1.21 bits per heavy atom. The van der Waals surface area contributed by atoms with Crippen LogP contribution in [-0.4, -0.2) is 52.9 Å². The first kappa shape index (κ1) is 22.6. The summed E-state index contributed by atoms with van der Waals surface area (Å²) >= 11 is 0. The second-order valence-electron chi connectivity index (χ2n) is 8.22. The molecule has 0 radical (unpaired) electrons. The van der Waals surface area contributed by atoms with Crippen LogP contribution in [0.1, 0.15) is 55.8 Å². The Bertz CT molecular complexity index is 1270. The minimum Gasteiger partial charge on any atom is -0.355 e. The lowest BCUT2D eigenvalue weighted by Crippen LogP contribution is -2.34. The van der Waals surface area contributed by atoms with Gasteiger partial charge >= 0.3 is 0 Å². The van der Waals surface area contributed by atoms with Crippen molar-refractivity contribution < 1.29 is 12.9 Å². The molecule has 3 aromatic rings. The molecule has 12 heteroatoms. The van der Waals surface area contributed by atoms with Crippen LogP contribution in [0.4, 0.5) is 17.3 Å². The van der Waals surface area contributed by atoms with E-state index in [0.29, 0.717) is 47.7 Å². The van der Waals surface area contributed by atoms with E-state index in [1.54, 1.807) is 6.07 Å². The van der Waals surface area contributed by atoms with Crippen LogP contribution in [0.5, 0.6) is 0 Å². The lowest BCUT2D eigenvalue weighted by molar-refractivity contribution is 0.325. The smallest absolute Gasteiger partial charge is 0.229 e. The van der Waals surface area contributed by atoms with Gasteiger partial charge in [-0.15, -0.1) is 0 Å². The highest BCUT2D eigenvalue weighted by atomic mass is 32.2. The Kier molecular flexibility index (Phi) is 6.24. The predicted octanol–water partition coefficient (Wildman–Crippen LogP) is 2.78. The van der Waals surface area contributed by atoms with E-state index in [-0.39, 0.29) is 16.9 Å².